The average molecular weight is 470 g/mol. The van der Waals surface area contributed by atoms with Crippen LogP contribution >= 0.6 is 0 Å². The number of amides is 2. The number of aliphatic imine (C=N–C) groups is 1. The molecule has 0 unspecified atom stereocenters. The molecule has 4 rings (SSSR count). The van der Waals surface area contributed by atoms with Crippen LogP contribution in [0.15, 0.2) is 40.5 Å². The van der Waals surface area contributed by atoms with Crippen molar-refractivity contribution in [1.82, 2.24) is 4.90 Å². The quantitative estimate of drug-likeness (QED) is 0.351. The van der Waals surface area contributed by atoms with Gasteiger partial charge in [0.1, 0.15) is 5.41 Å². The lowest BCUT2D eigenvalue weighted by molar-refractivity contribution is -0.128. The number of allylic oxidation sites excluding steroid dienone is 2. The Hall–Kier alpha value is -2.70. The molecule has 0 radical (unpaired) electrons. The highest BCUT2D eigenvalue weighted by molar-refractivity contribution is 6.13. The molecule has 2 amide bonds. The summed E-state index contributed by atoms with van der Waals surface area (Å²) in [6.45, 7) is 5.07. The lowest BCUT2D eigenvalue weighted by atomic mass is 9.75. The Bertz CT molecular complexity index is 981. The maximum atomic E-state index is 13.8. The van der Waals surface area contributed by atoms with E-state index in [0.29, 0.717) is 32.7 Å². The number of carbonyl (C=O) groups is 2. The van der Waals surface area contributed by atoms with E-state index in [0.717, 1.165) is 61.2 Å². The van der Waals surface area contributed by atoms with E-state index in [1.807, 2.05) is 29.2 Å². The van der Waals surface area contributed by atoms with Crippen LogP contribution in [0.5, 0.6) is 0 Å². The number of fused-ring (bicyclic) bond motifs is 2. The number of carbonyl (C=O) groups excluding carboxylic acids is 2. The van der Waals surface area contributed by atoms with Crippen molar-refractivity contribution in [3.8, 4) is 0 Å². The summed E-state index contributed by atoms with van der Waals surface area (Å²) in [6.07, 6.45) is 7.02. The fourth-order valence-electron chi connectivity index (χ4n) is 5.34. The summed E-state index contributed by atoms with van der Waals surface area (Å²) in [7, 11) is 0. The van der Waals surface area contributed by atoms with E-state index in [1.165, 1.54) is 12.0 Å². The lowest BCUT2D eigenvalue weighted by Gasteiger charge is -2.45. The number of para-hydroxylation sites is 1. The van der Waals surface area contributed by atoms with Crippen LogP contribution in [0.1, 0.15) is 70.8 Å². The molecular formula is C27H36FN3O3. The normalized spacial score (nSPS) is 19.5. The summed E-state index contributed by atoms with van der Waals surface area (Å²) >= 11 is 0. The summed E-state index contributed by atoms with van der Waals surface area (Å²) in [4.78, 5) is 34.5. The number of halogens is 1. The molecule has 3 aliphatic rings. The highest BCUT2D eigenvalue weighted by Gasteiger charge is 2.59. The number of hydrogen-bond donors (Lipinski definition) is 0. The zero-order chi connectivity index (χ0) is 24.1. The van der Waals surface area contributed by atoms with Crippen LogP contribution in [-0.2, 0) is 14.9 Å². The first-order valence-corrected chi connectivity index (χ1v) is 12.6. The number of unbranched alkanes of at least 4 members (excludes halogenated alkanes) is 2. The van der Waals surface area contributed by atoms with Crippen molar-refractivity contribution < 1.29 is 18.7 Å². The Balaban J connectivity index is 1.58. The van der Waals surface area contributed by atoms with E-state index in [1.54, 1.807) is 11.8 Å². The monoisotopic (exact) mass is 469 g/mol. The van der Waals surface area contributed by atoms with Crippen molar-refractivity contribution in [3.05, 3.63) is 41.1 Å². The van der Waals surface area contributed by atoms with Gasteiger partial charge >= 0.3 is 6.09 Å². The van der Waals surface area contributed by atoms with Crippen LogP contribution in [0.3, 0.4) is 0 Å². The molecule has 1 saturated heterocycles. The van der Waals surface area contributed by atoms with E-state index in [-0.39, 0.29) is 18.7 Å². The molecule has 184 valence electrons. The second kappa shape index (κ2) is 10.7. The highest BCUT2D eigenvalue weighted by Crippen LogP contribution is 2.47. The highest BCUT2D eigenvalue weighted by atomic mass is 19.1. The largest absolute Gasteiger partial charge is 0.450 e. The van der Waals surface area contributed by atoms with Gasteiger partial charge in [0.15, 0.2) is 0 Å². The summed E-state index contributed by atoms with van der Waals surface area (Å²) < 4.78 is 17.8. The maximum absolute atomic E-state index is 13.8. The summed E-state index contributed by atoms with van der Waals surface area (Å²) in [5.74, 6) is 0.0278. The molecule has 6 nitrogen and oxygen atoms in total. The first-order valence-electron chi connectivity index (χ1n) is 12.6. The standard InChI is InChI=1S/C27H36FN3O3/c1-3-34-26(33)30-18-27(19-30)22-13-7-9-15-24(22)31(25(27)32)17-21(12-5-4-10-16-28)29-23-14-8-6-11-20(23)2/h7,9,13,15H,3-6,8,10-12,14,16-19H2,1-2H3. The van der Waals surface area contributed by atoms with Crippen LogP contribution in [-0.4, -0.2) is 55.5 Å². The van der Waals surface area contributed by atoms with Gasteiger partial charge in [-0.1, -0.05) is 30.2 Å². The second-order valence-corrected chi connectivity index (χ2v) is 9.66. The van der Waals surface area contributed by atoms with Gasteiger partial charge in [-0.2, -0.15) is 0 Å². The Morgan fingerprint density at radius 1 is 1.15 bits per heavy atom. The minimum Gasteiger partial charge on any atom is -0.450 e. The Morgan fingerprint density at radius 2 is 1.91 bits per heavy atom. The molecule has 0 bridgehead atoms. The second-order valence-electron chi connectivity index (χ2n) is 9.66. The maximum Gasteiger partial charge on any atom is 0.409 e. The van der Waals surface area contributed by atoms with Gasteiger partial charge in [0.25, 0.3) is 0 Å². The van der Waals surface area contributed by atoms with E-state index < -0.39 is 5.41 Å². The van der Waals surface area contributed by atoms with Crippen molar-refractivity contribution in [1.29, 1.82) is 0 Å². The fraction of sp³-hybridized carbons (Fsp3) is 0.593. The van der Waals surface area contributed by atoms with Crippen molar-refractivity contribution in [3.63, 3.8) is 0 Å². The Labute approximate surface area is 201 Å². The van der Waals surface area contributed by atoms with Gasteiger partial charge < -0.3 is 14.5 Å². The van der Waals surface area contributed by atoms with Crippen LogP contribution in [0.25, 0.3) is 0 Å². The third-order valence-corrected chi connectivity index (χ3v) is 7.25. The van der Waals surface area contributed by atoms with E-state index >= 15 is 0 Å². The molecule has 2 heterocycles. The summed E-state index contributed by atoms with van der Waals surface area (Å²) in [5.41, 5.74) is 4.65. The first kappa shape index (κ1) is 24.4. The predicted octanol–water partition coefficient (Wildman–Crippen LogP) is 5.56. The molecule has 2 aliphatic heterocycles. The predicted molar refractivity (Wildman–Crippen MR) is 132 cm³/mol. The van der Waals surface area contributed by atoms with Crippen molar-refractivity contribution in [2.75, 3.05) is 37.8 Å². The zero-order valence-electron chi connectivity index (χ0n) is 20.4. The van der Waals surface area contributed by atoms with Gasteiger partial charge in [0, 0.05) is 30.2 Å². The molecule has 34 heavy (non-hydrogen) atoms. The first-order chi connectivity index (χ1) is 16.5. The molecule has 0 N–H and O–H groups in total. The van der Waals surface area contributed by atoms with Crippen LogP contribution in [0, 0.1) is 0 Å². The average Bonchev–Trinajstić information content (AvgIpc) is 3.05. The van der Waals surface area contributed by atoms with Crippen LogP contribution in [0.2, 0.25) is 0 Å². The van der Waals surface area contributed by atoms with Crippen molar-refractivity contribution >= 4 is 23.4 Å². The topological polar surface area (TPSA) is 62.2 Å². The smallest absolute Gasteiger partial charge is 0.409 e. The lowest BCUT2D eigenvalue weighted by Crippen LogP contribution is -2.65. The number of nitrogens with zero attached hydrogens (tertiary/aromatic N) is 3. The van der Waals surface area contributed by atoms with Gasteiger partial charge in [-0.15, -0.1) is 0 Å². The number of rotatable bonds is 9. The number of likely N-dealkylation sites (tertiary alicyclic amines) is 1. The SMILES string of the molecule is CCOC(=O)N1CC2(C1)C(=O)N(CC(CCCCCF)=NC1=C(C)CCCC1)c1ccccc12. The van der Waals surface area contributed by atoms with E-state index in [2.05, 4.69) is 6.92 Å². The minimum atomic E-state index is -0.706. The fourth-order valence-corrected chi connectivity index (χ4v) is 5.34. The zero-order valence-corrected chi connectivity index (χ0v) is 20.4. The molecule has 0 saturated carbocycles. The number of hydrogen-bond acceptors (Lipinski definition) is 4. The van der Waals surface area contributed by atoms with E-state index in [4.69, 9.17) is 9.73 Å². The van der Waals surface area contributed by atoms with Crippen molar-refractivity contribution in [2.45, 2.75) is 70.6 Å². The van der Waals surface area contributed by atoms with Crippen LogP contribution in [0.4, 0.5) is 14.9 Å². The minimum absolute atomic E-state index is 0.0278. The number of alkyl halides is 1. The number of anilines is 1. The van der Waals surface area contributed by atoms with Gasteiger partial charge in [0.2, 0.25) is 5.91 Å². The molecule has 0 aromatic heterocycles. The Kier molecular flexibility index (Phi) is 7.69. The van der Waals surface area contributed by atoms with Crippen LogP contribution < -0.4 is 4.90 Å². The molecule has 1 aromatic carbocycles. The molecule has 1 spiro atoms. The van der Waals surface area contributed by atoms with Gasteiger partial charge in [-0.05, 0) is 70.4 Å². The third-order valence-electron chi connectivity index (χ3n) is 7.25. The third kappa shape index (κ3) is 4.75. The van der Waals surface area contributed by atoms with E-state index in [9.17, 15) is 14.0 Å². The van der Waals surface area contributed by atoms with Gasteiger partial charge in [-0.3, -0.25) is 14.2 Å². The molecule has 1 fully saturated rings. The van der Waals surface area contributed by atoms with Gasteiger partial charge in [0.05, 0.1) is 19.8 Å². The molecule has 7 heteroatoms. The number of benzene rings is 1. The molecule has 1 aliphatic carbocycles. The van der Waals surface area contributed by atoms with Crippen molar-refractivity contribution in [2.24, 2.45) is 4.99 Å². The summed E-state index contributed by atoms with van der Waals surface area (Å²) in [6, 6.07) is 7.89. The molecule has 0 atom stereocenters. The summed E-state index contributed by atoms with van der Waals surface area (Å²) in [5, 5.41) is 0. The molecular weight excluding hydrogens is 433 g/mol. The van der Waals surface area contributed by atoms with Gasteiger partial charge in [-0.25, -0.2) is 4.79 Å². The Morgan fingerprint density at radius 3 is 2.65 bits per heavy atom. The number of ether oxygens (including phenoxy) is 1. The molecule has 1 aromatic rings.